The third kappa shape index (κ3) is 6.66. The van der Waals surface area contributed by atoms with Gasteiger partial charge in [-0.05, 0) is 43.7 Å². The summed E-state index contributed by atoms with van der Waals surface area (Å²) in [6, 6.07) is 2.77. The van der Waals surface area contributed by atoms with Gasteiger partial charge in [0.1, 0.15) is 9.96 Å². The van der Waals surface area contributed by atoms with Gasteiger partial charge in [-0.15, -0.1) is 11.3 Å². The third-order valence-electron chi connectivity index (χ3n) is 4.06. The summed E-state index contributed by atoms with van der Waals surface area (Å²) in [7, 11) is -7.46. The number of sulfonamides is 2. The van der Waals surface area contributed by atoms with Crippen molar-refractivity contribution in [1.82, 2.24) is 10.0 Å². The lowest BCUT2D eigenvalue weighted by Gasteiger charge is -2.26. The van der Waals surface area contributed by atoms with Crippen LogP contribution in [0, 0.1) is 5.92 Å². The molecule has 25 heavy (non-hydrogen) atoms. The maximum absolute atomic E-state index is 12.1. The predicted molar refractivity (Wildman–Crippen MR) is 95.9 cm³/mol. The van der Waals surface area contributed by atoms with Gasteiger partial charge >= 0.3 is 0 Å². The Balaban J connectivity index is 1.81. The number of rotatable bonds is 7. The van der Waals surface area contributed by atoms with E-state index in [0.717, 1.165) is 37.0 Å². The van der Waals surface area contributed by atoms with Gasteiger partial charge in [-0.3, -0.25) is 4.79 Å². The Labute approximate surface area is 152 Å². The molecule has 4 N–H and O–H groups in total. The summed E-state index contributed by atoms with van der Waals surface area (Å²) in [5.41, 5.74) is 0. The molecule has 0 spiro atoms. The molecule has 1 heterocycles. The SMILES string of the molecule is CC1CCC(NS(=O)(=O)CC(=O)NCc2ccc(S(N)(=O)=O)s2)CC1. The number of carbonyl (C=O) groups is 1. The van der Waals surface area contributed by atoms with E-state index in [9.17, 15) is 21.6 Å². The highest BCUT2D eigenvalue weighted by Gasteiger charge is 2.24. The lowest BCUT2D eigenvalue weighted by molar-refractivity contribution is -0.118. The summed E-state index contributed by atoms with van der Waals surface area (Å²) in [4.78, 5) is 12.4. The summed E-state index contributed by atoms with van der Waals surface area (Å²) < 4.78 is 49.1. The molecule has 8 nitrogen and oxygen atoms in total. The quantitative estimate of drug-likeness (QED) is 0.603. The number of primary sulfonamides is 1. The Morgan fingerprint density at radius 1 is 1.20 bits per heavy atom. The smallest absolute Gasteiger partial charge is 0.247 e. The van der Waals surface area contributed by atoms with E-state index < -0.39 is 31.7 Å². The van der Waals surface area contributed by atoms with Crippen molar-refractivity contribution in [3.8, 4) is 0 Å². The van der Waals surface area contributed by atoms with Crippen LogP contribution in [0.3, 0.4) is 0 Å². The first-order valence-corrected chi connectivity index (χ1v) is 11.9. The van der Waals surface area contributed by atoms with E-state index >= 15 is 0 Å². The molecule has 0 bridgehead atoms. The highest BCUT2D eigenvalue weighted by molar-refractivity contribution is 7.91. The number of amides is 1. The van der Waals surface area contributed by atoms with Crippen LogP contribution in [0.15, 0.2) is 16.3 Å². The Kier molecular flexibility index (Phi) is 6.60. The lowest BCUT2D eigenvalue weighted by atomic mass is 9.88. The molecule has 0 aromatic carbocycles. The summed E-state index contributed by atoms with van der Waals surface area (Å²) in [5, 5.41) is 7.50. The fraction of sp³-hybridized carbons (Fsp3) is 0.643. The van der Waals surface area contributed by atoms with Gasteiger partial charge in [0.2, 0.25) is 26.0 Å². The van der Waals surface area contributed by atoms with E-state index in [1.54, 1.807) is 0 Å². The van der Waals surface area contributed by atoms with E-state index in [-0.39, 0.29) is 16.8 Å². The zero-order valence-electron chi connectivity index (χ0n) is 13.9. The van der Waals surface area contributed by atoms with Gasteiger partial charge in [0.25, 0.3) is 0 Å². The fourth-order valence-electron chi connectivity index (χ4n) is 2.69. The molecular weight excluding hydrogens is 386 g/mol. The molecule has 0 radical (unpaired) electrons. The van der Waals surface area contributed by atoms with Gasteiger partial charge in [0, 0.05) is 10.9 Å². The second-order valence-electron chi connectivity index (χ2n) is 6.38. The Morgan fingerprint density at radius 2 is 1.84 bits per heavy atom. The molecule has 1 saturated carbocycles. The number of hydrogen-bond acceptors (Lipinski definition) is 6. The van der Waals surface area contributed by atoms with Gasteiger partial charge in [-0.2, -0.15) is 0 Å². The van der Waals surface area contributed by atoms with Crippen molar-refractivity contribution in [3.63, 3.8) is 0 Å². The molecule has 0 saturated heterocycles. The zero-order valence-corrected chi connectivity index (χ0v) is 16.3. The van der Waals surface area contributed by atoms with Crippen LogP contribution in [0.2, 0.25) is 0 Å². The van der Waals surface area contributed by atoms with Crippen LogP contribution in [0.4, 0.5) is 0 Å². The second-order valence-corrected chi connectivity index (χ2v) is 11.1. The van der Waals surface area contributed by atoms with E-state index in [1.165, 1.54) is 12.1 Å². The molecule has 1 aliphatic rings. The molecule has 1 aromatic heterocycles. The summed E-state index contributed by atoms with van der Waals surface area (Å²) >= 11 is 0.936. The van der Waals surface area contributed by atoms with Gasteiger partial charge < -0.3 is 5.32 Å². The Bertz CT molecular complexity index is 809. The largest absolute Gasteiger partial charge is 0.350 e. The van der Waals surface area contributed by atoms with Crippen molar-refractivity contribution in [2.24, 2.45) is 11.1 Å². The van der Waals surface area contributed by atoms with Crippen molar-refractivity contribution < 1.29 is 21.6 Å². The topological polar surface area (TPSA) is 135 Å². The second kappa shape index (κ2) is 8.12. The Hall–Kier alpha value is -1.01. The Morgan fingerprint density at radius 3 is 2.40 bits per heavy atom. The maximum atomic E-state index is 12.1. The van der Waals surface area contributed by atoms with Crippen LogP contribution in [-0.2, 0) is 31.4 Å². The molecule has 0 atom stereocenters. The highest BCUT2D eigenvalue weighted by Crippen LogP contribution is 2.24. The molecule has 2 rings (SSSR count). The molecule has 1 aliphatic carbocycles. The van der Waals surface area contributed by atoms with Gasteiger partial charge in [-0.25, -0.2) is 26.7 Å². The first kappa shape index (κ1) is 20.3. The van der Waals surface area contributed by atoms with Crippen molar-refractivity contribution in [2.75, 3.05) is 5.75 Å². The van der Waals surface area contributed by atoms with Crippen molar-refractivity contribution >= 4 is 37.3 Å². The van der Waals surface area contributed by atoms with Gasteiger partial charge in [0.05, 0.1) is 6.54 Å². The van der Waals surface area contributed by atoms with Gasteiger partial charge in [0.15, 0.2) is 0 Å². The summed E-state index contributed by atoms with van der Waals surface area (Å²) in [6.45, 7) is 2.19. The van der Waals surface area contributed by atoms with Crippen molar-refractivity contribution in [3.05, 3.63) is 17.0 Å². The first-order chi connectivity index (χ1) is 11.5. The average molecular weight is 410 g/mol. The number of thiophene rings is 1. The maximum Gasteiger partial charge on any atom is 0.247 e. The molecule has 0 unspecified atom stereocenters. The van der Waals surface area contributed by atoms with Crippen LogP contribution in [0.5, 0.6) is 0 Å². The zero-order chi connectivity index (χ0) is 18.7. The van der Waals surface area contributed by atoms with E-state index in [1.807, 2.05) is 0 Å². The number of carbonyl (C=O) groups excluding carboxylic acids is 1. The lowest BCUT2D eigenvalue weighted by Crippen LogP contribution is -2.42. The van der Waals surface area contributed by atoms with Crippen LogP contribution in [-0.4, -0.2) is 34.5 Å². The minimum atomic E-state index is -3.77. The van der Waals surface area contributed by atoms with Crippen LogP contribution < -0.4 is 15.2 Å². The molecule has 11 heteroatoms. The molecule has 142 valence electrons. The fourth-order valence-corrected chi connectivity index (χ4v) is 5.68. The number of nitrogens with one attached hydrogen (secondary N) is 2. The first-order valence-electron chi connectivity index (χ1n) is 7.93. The normalized spacial score (nSPS) is 21.8. The van der Waals surface area contributed by atoms with E-state index in [4.69, 9.17) is 5.14 Å². The van der Waals surface area contributed by atoms with Crippen molar-refractivity contribution in [1.29, 1.82) is 0 Å². The van der Waals surface area contributed by atoms with Crippen LogP contribution in [0.1, 0.15) is 37.5 Å². The molecule has 1 amide bonds. The standard InChI is InChI=1S/C14H23N3O5S3/c1-10-2-4-11(5-3-10)17-24(19,20)9-13(18)16-8-12-6-7-14(23-12)25(15,21)22/h6-7,10-11,17H,2-5,8-9H2,1H3,(H,16,18)(H2,15,21,22). The van der Waals surface area contributed by atoms with E-state index in [0.29, 0.717) is 10.8 Å². The summed E-state index contributed by atoms with van der Waals surface area (Å²) in [5.74, 6) is -0.675. The number of hydrogen-bond donors (Lipinski definition) is 3. The minimum absolute atomic E-state index is 0.00226. The molecule has 1 aromatic rings. The monoisotopic (exact) mass is 409 g/mol. The van der Waals surface area contributed by atoms with Gasteiger partial charge in [-0.1, -0.05) is 6.92 Å². The highest BCUT2D eigenvalue weighted by atomic mass is 32.2. The number of nitrogens with two attached hydrogens (primary N) is 1. The van der Waals surface area contributed by atoms with Crippen molar-refractivity contribution in [2.45, 2.75) is 49.4 Å². The van der Waals surface area contributed by atoms with Crippen LogP contribution >= 0.6 is 11.3 Å². The minimum Gasteiger partial charge on any atom is -0.350 e. The molecule has 0 aliphatic heterocycles. The predicted octanol–water partition coefficient (Wildman–Crippen LogP) is 0.510. The van der Waals surface area contributed by atoms with E-state index in [2.05, 4.69) is 17.0 Å². The van der Waals surface area contributed by atoms with Crippen LogP contribution in [0.25, 0.3) is 0 Å². The molecule has 1 fully saturated rings. The third-order valence-corrected chi connectivity index (χ3v) is 7.92. The molecular formula is C14H23N3O5S3. The average Bonchev–Trinajstić information content (AvgIpc) is 2.96. The summed E-state index contributed by atoms with van der Waals surface area (Å²) in [6.07, 6.45) is 3.52.